The average molecular weight is 467 g/mol. The van der Waals surface area contributed by atoms with Gasteiger partial charge in [-0.3, -0.25) is 10.1 Å². The number of ether oxygens (including phenoxy) is 1. The molecule has 0 spiro atoms. The van der Waals surface area contributed by atoms with Crippen LogP contribution in [0.4, 0.5) is 24.9 Å². The molecule has 0 fully saturated rings. The van der Waals surface area contributed by atoms with E-state index in [0.29, 0.717) is 33.6 Å². The Morgan fingerprint density at radius 3 is 2.68 bits per heavy atom. The van der Waals surface area contributed by atoms with Gasteiger partial charge in [-0.2, -0.15) is 0 Å². The molecule has 0 atom stereocenters. The van der Waals surface area contributed by atoms with Gasteiger partial charge < -0.3 is 15.0 Å². The highest BCUT2D eigenvalue weighted by Crippen LogP contribution is 2.29. The molecule has 5 rings (SSSR count). The SMILES string of the molecule is CNc1ccc2nc(C(=O)Nc3nc4ccc(-c5cccc(OC(F)(F)F)c5)cc4[nH]3)cn2n1. The summed E-state index contributed by atoms with van der Waals surface area (Å²) in [5.74, 6) is 0.0342. The van der Waals surface area contributed by atoms with E-state index in [9.17, 15) is 18.0 Å². The molecular weight excluding hydrogens is 451 g/mol. The number of aromatic nitrogens is 5. The molecule has 0 radical (unpaired) electrons. The molecule has 9 nitrogen and oxygen atoms in total. The van der Waals surface area contributed by atoms with E-state index in [1.165, 1.54) is 28.9 Å². The maximum Gasteiger partial charge on any atom is 0.573 e. The van der Waals surface area contributed by atoms with Crippen molar-refractivity contribution >= 4 is 34.4 Å². The normalized spacial score (nSPS) is 11.6. The molecule has 0 aliphatic rings. The predicted molar refractivity (Wildman–Crippen MR) is 119 cm³/mol. The van der Waals surface area contributed by atoms with Crippen LogP contribution < -0.4 is 15.4 Å². The van der Waals surface area contributed by atoms with E-state index < -0.39 is 12.3 Å². The van der Waals surface area contributed by atoms with Gasteiger partial charge in [0.05, 0.1) is 17.2 Å². The summed E-state index contributed by atoms with van der Waals surface area (Å²) >= 11 is 0. The number of alkyl halides is 3. The Labute approximate surface area is 189 Å². The van der Waals surface area contributed by atoms with E-state index in [1.807, 2.05) is 0 Å². The van der Waals surface area contributed by atoms with Crippen LogP contribution >= 0.6 is 0 Å². The molecule has 0 saturated heterocycles. The fraction of sp³-hybridized carbons (Fsp3) is 0.0909. The van der Waals surface area contributed by atoms with Crippen LogP contribution in [0.15, 0.2) is 60.8 Å². The lowest BCUT2D eigenvalue weighted by Crippen LogP contribution is -2.17. The van der Waals surface area contributed by atoms with Gasteiger partial charge >= 0.3 is 6.36 Å². The molecule has 0 saturated carbocycles. The molecule has 34 heavy (non-hydrogen) atoms. The van der Waals surface area contributed by atoms with Crippen molar-refractivity contribution in [3.8, 4) is 16.9 Å². The van der Waals surface area contributed by atoms with Crippen LogP contribution in [0, 0.1) is 0 Å². The molecule has 0 aliphatic heterocycles. The van der Waals surface area contributed by atoms with Crippen molar-refractivity contribution in [1.29, 1.82) is 0 Å². The number of benzene rings is 2. The third kappa shape index (κ3) is 4.33. The van der Waals surface area contributed by atoms with E-state index in [1.54, 1.807) is 43.4 Å². The zero-order valence-corrected chi connectivity index (χ0v) is 17.5. The number of amides is 1. The van der Waals surface area contributed by atoms with Gasteiger partial charge in [0.1, 0.15) is 17.3 Å². The number of H-pyrrole nitrogens is 1. The second kappa shape index (κ2) is 8.06. The maximum absolute atomic E-state index is 12.7. The van der Waals surface area contributed by atoms with Gasteiger partial charge in [0.15, 0.2) is 5.65 Å². The number of nitrogens with one attached hydrogen (secondary N) is 3. The minimum Gasteiger partial charge on any atom is -0.406 e. The lowest BCUT2D eigenvalue weighted by Gasteiger charge is -2.10. The van der Waals surface area contributed by atoms with E-state index in [4.69, 9.17) is 0 Å². The number of aromatic amines is 1. The monoisotopic (exact) mass is 467 g/mol. The smallest absolute Gasteiger partial charge is 0.406 e. The summed E-state index contributed by atoms with van der Waals surface area (Å²) in [5.41, 5.74) is 3.00. The second-order valence-electron chi connectivity index (χ2n) is 7.24. The van der Waals surface area contributed by atoms with Crippen LogP contribution in [-0.4, -0.2) is 43.9 Å². The van der Waals surface area contributed by atoms with Crippen LogP contribution in [0.5, 0.6) is 5.75 Å². The molecule has 3 aromatic heterocycles. The van der Waals surface area contributed by atoms with Gasteiger partial charge in [-0.05, 0) is 47.5 Å². The molecular formula is C22H16F3N7O2. The Bertz CT molecular complexity index is 1520. The summed E-state index contributed by atoms with van der Waals surface area (Å²) in [7, 11) is 1.73. The van der Waals surface area contributed by atoms with Crippen LogP contribution in [0.1, 0.15) is 10.5 Å². The van der Waals surface area contributed by atoms with Crippen molar-refractivity contribution in [3.05, 3.63) is 66.5 Å². The molecule has 1 amide bonds. The summed E-state index contributed by atoms with van der Waals surface area (Å²) in [6.45, 7) is 0. The molecule has 3 N–H and O–H groups in total. The highest BCUT2D eigenvalue weighted by molar-refractivity contribution is 6.03. The number of fused-ring (bicyclic) bond motifs is 2. The highest BCUT2D eigenvalue weighted by Gasteiger charge is 2.31. The Balaban J connectivity index is 1.38. The second-order valence-corrected chi connectivity index (χ2v) is 7.24. The lowest BCUT2D eigenvalue weighted by molar-refractivity contribution is -0.274. The highest BCUT2D eigenvalue weighted by atomic mass is 19.4. The minimum absolute atomic E-state index is 0.156. The Hall–Kier alpha value is -4.61. The maximum atomic E-state index is 12.7. The molecule has 0 bridgehead atoms. The fourth-order valence-electron chi connectivity index (χ4n) is 3.42. The van der Waals surface area contributed by atoms with Crippen molar-refractivity contribution in [3.63, 3.8) is 0 Å². The van der Waals surface area contributed by atoms with Crippen molar-refractivity contribution in [2.24, 2.45) is 0 Å². The van der Waals surface area contributed by atoms with Crippen LogP contribution in [-0.2, 0) is 0 Å². The molecule has 172 valence electrons. The van der Waals surface area contributed by atoms with Gasteiger partial charge in [-0.15, -0.1) is 18.3 Å². The topological polar surface area (TPSA) is 109 Å². The van der Waals surface area contributed by atoms with Crippen LogP contribution in [0.3, 0.4) is 0 Å². The number of nitrogens with zero attached hydrogens (tertiary/aromatic N) is 4. The largest absolute Gasteiger partial charge is 0.573 e. The zero-order valence-electron chi connectivity index (χ0n) is 17.5. The van der Waals surface area contributed by atoms with Gasteiger partial charge in [0.25, 0.3) is 5.91 Å². The quantitative estimate of drug-likeness (QED) is 0.352. The lowest BCUT2D eigenvalue weighted by atomic mass is 10.0. The molecule has 2 aromatic carbocycles. The number of rotatable bonds is 5. The Morgan fingerprint density at radius 1 is 1.06 bits per heavy atom. The van der Waals surface area contributed by atoms with Gasteiger partial charge in [-0.25, -0.2) is 14.5 Å². The standard InChI is InChI=1S/C22H16F3N7O2/c1-26-18-7-8-19-27-17(11-32(19)31-18)20(33)30-21-28-15-6-5-13(10-16(15)29-21)12-3-2-4-14(9-12)34-22(23,24)25/h2-11H,1H3,(H,26,31)(H2,28,29,30,33). The van der Waals surface area contributed by atoms with Gasteiger partial charge in [-0.1, -0.05) is 18.2 Å². The summed E-state index contributed by atoms with van der Waals surface area (Å²) in [4.78, 5) is 24.2. The summed E-state index contributed by atoms with van der Waals surface area (Å²) in [6.07, 6.45) is -3.27. The molecule has 0 unspecified atom stereocenters. The Morgan fingerprint density at radius 2 is 1.88 bits per heavy atom. The first-order valence-electron chi connectivity index (χ1n) is 9.99. The fourth-order valence-corrected chi connectivity index (χ4v) is 3.42. The van der Waals surface area contributed by atoms with Crippen molar-refractivity contribution in [1.82, 2.24) is 24.6 Å². The number of carbonyl (C=O) groups is 1. The van der Waals surface area contributed by atoms with Crippen molar-refractivity contribution in [2.45, 2.75) is 6.36 Å². The number of hydrogen-bond donors (Lipinski definition) is 3. The molecule has 3 heterocycles. The van der Waals surface area contributed by atoms with Gasteiger partial charge in [0.2, 0.25) is 5.95 Å². The molecule has 12 heteroatoms. The Kier molecular flexibility index (Phi) is 5.04. The van der Waals surface area contributed by atoms with Crippen LogP contribution in [0.25, 0.3) is 27.8 Å². The summed E-state index contributed by atoms with van der Waals surface area (Å²) in [5, 5.41) is 9.84. The number of anilines is 2. The van der Waals surface area contributed by atoms with E-state index >= 15 is 0 Å². The predicted octanol–water partition coefficient (Wildman–Crippen LogP) is 4.47. The first-order valence-corrected chi connectivity index (χ1v) is 9.99. The third-order valence-corrected chi connectivity index (χ3v) is 4.92. The number of hydrogen-bond acceptors (Lipinski definition) is 6. The minimum atomic E-state index is -4.77. The van der Waals surface area contributed by atoms with Crippen molar-refractivity contribution in [2.75, 3.05) is 17.7 Å². The molecule has 5 aromatic rings. The van der Waals surface area contributed by atoms with Crippen molar-refractivity contribution < 1.29 is 22.7 Å². The number of carbonyl (C=O) groups excluding carboxylic acids is 1. The van der Waals surface area contributed by atoms with E-state index in [0.717, 1.165) is 0 Å². The van der Waals surface area contributed by atoms with E-state index in [2.05, 4.69) is 35.4 Å². The number of imidazole rings is 2. The first-order chi connectivity index (χ1) is 16.3. The first kappa shape index (κ1) is 21.2. The third-order valence-electron chi connectivity index (χ3n) is 4.92. The number of halogens is 3. The van der Waals surface area contributed by atoms with E-state index in [-0.39, 0.29) is 17.4 Å². The summed E-state index contributed by atoms with van der Waals surface area (Å²) < 4.78 is 43.1. The zero-order chi connectivity index (χ0) is 23.9. The summed E-state index contributed by atoms with van der Waals surface area (Å²) in [6, 6.07) is 14.3. The van der Waals surface area contributed by atoms with Gasteiger partial charge in [0, 0.05) is 7.05 Å². The van der Waals surface area contributed by atoms with Crippen LogP contribution in [0.2, 0.25) is 0 Å². The molecule has 0 aliphatic carbocycles. The average Bonchev–Trinajstić information content (AvgIpc) is 3.40.